The van der Waals surface area contributed by atoms with E-state index in [1.54, 1.807) is 6.07 Å². The lowest BCUT2D eigenvalue weighted by molar-refractivity contribution is 0.226. The van der Waals surface area contributed by atoms with Gasteiger partial charge in [0.25, 0.3) is 10.1 Å². The lowest BCUT2D eigenvalue weighted by Crippen LogP contribution is -2.14. The monoisotopic (exact) mass is 354 g/mol. The summed E-state index contributed by atoms with van der Waals surface area (Å²) >= 11 is 12.1. The Morgan fingerprint density at radius 3 is 2.24 bits per heavy atom. The van der Waals surface area contributed by atoms with Crippen LogP contribution in [-0.2, 0) is 10.1 Å². The van der Waals surface area contributed by atoms with Crippen molar-refractivity contribution >= 4 is 33.3 Å². The summed E-state index contributed by atoms with van der Waals surface area (Å²) in [5.74, 6) is 0.746. The third kappa shape index (κ3) is 6.98. The Kier molecular flexibility index (Phi) is 7.44. The molecule has 0 aromatic heterocycles. The topological polar surface area (TPSA) is 74.6 Å². The van der Waals surface area contributed by atoms with Crippen LogP contribution in [0, 0.1) is 5.92 Å². The van der Waals surface area contributed by atoms with Gasteiger partial charge in [-0.3, -0.25) is 4.55 Å². The molecule has 21 heavy (non-hydrogen) atoms. The molecule has 0 saturated heterocycles. The van der Waals surface area contributed by atoms with Crippen molar-refractivity contribution in [3.63, 3.8) is 0 Å². The number of hydrogen-bond donors (Lipinski definition) is 2. The minimum atomic E-state index is -3.67. The largest absolute Gasteiger partial charge is 0.396 e. The van der Waals surface area contributed by atoms with Gasteiger partial charge in [0.1, 0.15) is 0 Å². The van der Waals surface area contributed by atoms with Crippen molar-refractivity contribution in [1.29, 1.82) is 0 Å². The Morgan fingerprint density at radius 2 is 1.81 bits per heavy atom. The number of benzene rings is 1. The maximum absolute atomic E-state index is 9.54. The van der Waals surface area contributed by atoms with Crippen LogP contribution in [0.3, 0.4) is 0 Å². The van der Waals surface area contributed by atoms with Crippen molar-refractivity contribution in [2.45, 2.75) is 31.6 Å². The van der Waals surface area contributed by atoms with Crippen LogP contribution in [0.5, 0.6) is 0 Å². The first-order valence-corrected chi connectivity index (χ1v) is 9.31. The summed E-state index contributed by atoms with van der Waals surface area (Å²) in [5.41, 5.74) is 1.04. The van der Waals surface area contributed by atoms with E-state index in [4.69, 9.17) is 27.8 Å². The van der Waals surface area contributed by atoms with E-state index in [2.05, 4.69) is 0 Å². The van der Waals surface area contributed by atoms with Crippen molar-refractivity contribution in [3.05, 3.63) is 33.8 Å². The highest BCUT2D eigenvalue weighted by Crippen LogP contribution is 2.39. The molecule has 1 aromatic rings. The molecule has 1 saturated carbocycles. The molecule has 120 valence electrons. The first-order valence-electron chi connectivity index (χ1n) is 6.70. The summed E-state index contributed by atoms with van der Waals surface area (Å²) in [5, 5.41) is 10.9. The quantitative estimate of drug-likeness (QED) is 0.810. The summed E-state index contributed by atoms with van der Waals surface area (Å²) in [6.07, 6.45) is 5.65. The standard InChI is InChI=1S/C13H16Cl2O.CH4O3S/c14-10-5-6-11(13(15)7-10)12(8-16)9-3-1-2-4-9;1-5(2,3)4/h5-7,9,12,16H,1-4,8H2;1H3,(H,2,3,4). The molecule has 1 fully saturated rings. The molecule has 0 heterocycles. The summed E-state index contributed by atoms with van der Waals surface area (Å²) in [4.78, 5) is 0. The lowest BCUT2D eigenvalue weighted by atomic mass is 9.85. The van der Waals surface area contributed by atoms with E-state index in [1.807, 2.05) is 12.1 Å². The Hall–Kier alpha value is -0.330. The highest BCUT2D eigenvalue weighted by molar-refractivity contribution is 7.85. The summed E-state index contributed by atoms with van der Waals surface area (Å²) in [6.45, 7) is 0.173. The second-order valence-corrected chi connectivity index (χ2v) is 7.54. The van der Waals surface area contributed by atoms with Gasteiger partial charge in [0.15, 0.2) is 0 Å². The Balaban J connectivity index is 0.000000383. The van der Waals surface area contributed by atoms with Gasteiger partial charge in [0.05, 0.1) is 12.9 Å². The van der Waals surface area contributed by atoms with Crippen LogP contribution in [0.15, 0.2) is 18.2 Å². The second-order valence-electron chi connectivity index (χ2n) is 5.23. The highest BCUT2D eigenvalue weighted by Gasteiger charge is 2.27. The van der Waals surface area contributed by atoms with Gasteiger partial charge in [-0.1, -0.05) is 42.1 Å². The van der Waals surface area contributed by atoms with E-state index in [0.29, 0.717) is 22.2 Å². The fraction of sp³-hybridized carbons (Fsp3) is 0.571. The molecule has 0 spiro atoms. The number of halogens is 2. The number of rotatable bonds is 3. The second kappa shape index (κ2) is 8.34. The average Bonchev–Trinajstić information content (AvgIpc) is 2.84. The van der Waals surface area contributed by atoms with E-state index in [1.165, 1.54) is 25.7 Å². The van der Waals surface area contributed by atoms with E-state index < -0.39 is 10.1 Å². The van der Waals surface area contributed by atoms with Crippen molar-refractivity contribution < 1.29 is 18.1 Å². The molecule has 1 aliphatic carbocycles. The average molecular weight is 355 g/mol. The first-order chi connectivity index (χ1) is 9.72. The number of aliphatic hydroxyl groups excluding tert-OH is 1. The third-order valence-electron chi connectivity index (χ3n) is 3.53. The van der Waals surface area contributed by atoms with Gasteiger partial charge in [-0.15, -0.1) is 0 Å². The van der Waals surface area contributed by atoms with Crippen LogP contribution in [0.25, 0.3) is 0 Å². The zero-order chi connectivity index (χ0) is 16.0. The molecule has 0 bridgehead atoms. The lowest BCUT2D eigenvalue weighted by Gasteiger charge is -2.22. The molecule has 0 amide bonds. The van der Waals surface area contributed by atoms with Gasteiger partial charge < -0.3 is 5.11 Å². The maximum Gasteiger partial charge on any atom is 0.261 e. The van der Waals surface area contributed by atoms with Gasteiger partial charge in [-0.2, -0.15) is 8.42 Å². The molecule has 0 aliphatic heterocycles. The Bertz CT molecular complexity index is 546. The molecule has 1 atom stereocenters. The minimum Gasteiger partial charge on any atom is -0.396 e. The zero-order valence-electron chi connectivity index (χ0n) is 11.8. The fourth-order valence-electron chi connectivity index (χ4n) is 2.66. The van der Waals surface area contributed by atoms with Crippen molar-refractivity contribution in [3.8, 4) is 0 Å². The van der Waals surface area contributed by atoms with Gasteiger partial charge in [-0.05, 0) is 36.5 Å². The molecule has 4 nitrogen and oxygen atoms in total. The van der Waals surface area contributed by atoms with E-state index in [-0.39, 0.29) is 12.5 Å². The van der Waals surface area contributed by atoms with Gasteiger partial charge in [0, 0.05) is 16.0 Å². The number of aliphatic hydroxyl groups is 1. The highest BCUT2D eigenvalue weighted by atomic mass is 35.5. The zero-order valence-corrected chi connectivity index (χ0v) is 14.1. The molecule has 1 aliphatic rings. The smallest absolute Gasteiger partial charge is 0.261 e. The third-order valence-corrected chi connectivity index (χ3v) is 4.09. The summed E-state index contributed by atoms with van der Waals surface area (Å²) in [6, 6.07) is 5.56. The van der Waals surface area contributed by atoms with Crippen LogP contribution in [0.1, 0.15) is 37.2 Å². The SMILES string of the molecule is CS(=O)(=O)O.OCC(c1ccc(Cl)cc1Cl)C1CCCC1. The predicted octanol–water partition coefficient (Wildman–Crippen LogP) is 3.76. The van der Waals surface area contributed by atoms with Crippen molar-refractivity contribution in [2.24, 2.45) is 5.92 Å². The molecule has 1 unspecified atom stereocenters. The van der Waals surface area contributed by atoms with Gasteiger partial charge >= 0.3 is 0 Å². The first kappa shape index (κ1) is 18.7. The van der Waals surface area contributed by atoms with Crippen LogP contribution in [0.2, 0.25) is 10.0 Å². The van der Waals surface area contributed by atoms with Crippen LogP contribution in [0.4, 0.5) is 0 Å². The van der Waals surface area contributed by atoms with E-state index in [9.17, 15) is 13.5 Å². The summed E-state index contributed by atoms with van der Waals surface area (Å²) < 4.78 is 25.9. The molecule has 1 aromatic carbocycles. The molecule has 2 N–H and O–H groups in total. The molecule has 2 rings (SSSR count). The number of hydrogen-bond acceptors (Lipinski definition) is 3. The summed E-state index contributed by atoms with van der Waals surface area (Å²) in [7, 11) is -3.67. The fourth-order valence-corrected chi connectivity index (χ4v) is 3.21. The van der Waals surface area contributed by atoms with Crippen molar-refractivity contribution in [1.82, 2.24) is 0 Å². The Labute approximate surface area is 135 Å². The molecule has 7 heteroatoms. The van der Waals surface area contributed by atoms with Gasteiger partial charge in [0.2, 0.25) is 0 Å². The van der Waals surface area contributed by atoms with Gasteiger partial charge in [-0.25, -0.2) is 0 Å². The Morgan fingerprint density at radius 1 is 1.29 bits per heavy atom. The molecule has 0 radical (unpaired) electrons. The van der Waals surface area contributed by atoms with Crippen LogP contribution < -0.4 is 0 Å². The molecular weight excluding hydrogens is 335 g/mol. The van der Waals surface area contributed by atoms with E-state index in [0.717, 1.165) is 5.56 Å². The van der Waals surface area contributed by atoms with E-state index >= 15 is 0 Å². The van der Waals surface area contributed by atoms with Crippen molar-refractivity contribution in [2.75, 3.05) is 12.9 Å². The molecular formula is C14H20Cl2O4S. The predicted molar refractivity (Wildman–Crippen MR) is 85.7 cm³/mol. The normalized spacial score (nSPS) is 17.2. The minimum absolute atomic E-state index is 0.173. The van der Waals surface area contributed by atoms with Crippen LogP contribution in [-0.4, -0.2) is 30.9 Å². The maximum atomic E-state index is 9.54. The van der Waals surface area contributed by atoms with Crippen LogP contribution >= 0.6 is 23.2 Å².